The zero-order chi connectivity index (χ0) is 12.8. The molecule has 0 radical (unpaired) electrons. The molecule has 0 aliphatic carbocycles. The Morgan fingerprint density at radius 1 is 1.11 bits per heavy atom. The van der Waals surface area contributed by atoms with Gasteiger partial charge in [0.25, 0.3) is 5.88 Å². The molecule has 6 heteroatoms. The summed E-state index contributed by atoms with van der Waals surface area (Å²) in [6.45, 7) is 6.77. The van der Waals surface area contributed by atoms with Crippen molar-refractivity contribution in [1.82, 2.24) is 0 Å². The molecule has 0 aliphatic rings. The Kier molecular flexibility index (Phi) is 5.15. The van der Waals surface area contributed by atoms with Gasteiger partial charge in [0.2, 0.25) is 0 Å². The van der Waals surface area contributed by atoms with E-state index in [1.54, 1.807) is 46.2 Å². The Morgan fingerprint density at radius 3 is 2.28 bits per heavy atom. The lowest BCUT2D eigenvalue weighted by molar-refractivity contribution is 1.49. The quantitative estimate of drug-likeness (QED) is 0.571. The fourth-order valence-corrected chi connectivity index (χ4v) is 4.90. The summed E-state index contributed by atoms with van der Waals surface area (Å²) in [4.78, 5) is 5.80. The zero-order valence-corrected chi connectivity index (χ0v) is 12.5. The van der Waals surface area contributed by atoms with Gasteiger partial charge in [0.1, 0.15) is 0 Å². The lowest BCUT2D eigenvalue weighted by atomic mass is 10.4. The summed E-state index contributed by atoms with van der Waals surface area (Å²) >= 11 is 6.59. The van der Waals surface area contributed by atoms with E-state index in [0.29, 0.717) is 11.6 Å². The van der Waals surface area contributed by atoms with Gasteiger partial charge in [0, 0.05) is 9.75 Å². The summed E-state index contributed by atoms with van der Waals surface area (Å²) < 4.78 is 2.36. The molecule has 2 aromatic heterocycles. The van der Waals surface area contributed by atoms with E-state index in [2.05, 4.69) is 35.2 Å². The SMILES string of the molecule is [C-]#[N+]CSc1ccc(-c2ccc(SCC#N)s2)s1. The molecular formula is C12H8N2S4. The summed E-state index contributed by atoms with van der Waals surface area (Å²) in [5.41, 5.74) is 0. The molecule has 0 atom stereocenters. The first-order valence-corrected chi connectivity index (χ1v) is 8.59. The van der Waals surface area contributed by atoms with Crippen molar-refractivity contribution in [2.24, 2.45) is 0 Å². The van der Waals surface area contributed by atoms with Crippen molar-refractivity contribution in [3.8, 4) is 15.8 Å². The van der Waals surface area contributed by atoms with Crippen molar-refractivity contribution in [1.29, 1.82) is 5.26 Å². The number of hydrogen-bond donors (Lipinski definition) is 0. The zero-order valence-electron chi connectivity index (χ0n) is 9.25. The molecule has 2 rings (SSSR count). The van der Waals surface area contributed by atoms with E-state index in [0.717, 1.165) is 0 Å². The van der Waals surface area contributed by atoms with Crippen LogP contribution in [0.5, 0.6) is 0 Å². The molecule has 0 fully saturated rings. The number of hydrogen-bond acceptors (Lipinski definition) is 5. The van der Waals surface area contributed by atoms with E-state index in [-0.39, 0.29) is 0 Å². The topological polar surface area (TPSA) is 28.1 Å². The van der Waals surface area contributed by atoms with Gasteiger partial charge in [-0.2, -0.15) is 5.26 Å². The van der Waals surface area contributed by atoms with E-state index < -0.39 is 0 Å². The van der Waals surface area contributed by atoms with Gasteiger partial charge in [0.05, 0.1) is 20.2 Å². The molecule has 0 N–H and O–H groups in total. The predicted octanol–water partition coefficient (Wildman–Crippen LogP) is 5.06. The predicted molar refractivity (Wildman–Crippen MR) is 81.3 cm³/mol. The average Bonchev–Trinajstić information content (AvgIpc) is 3.02. The first-order valence-electron chi connectivity index (χ1n) is 4.99. The van der Waals surface area contributed by atoms with E-state index in [9.17, 15) is 0 Å². The number of nitriles is 1. The van der Waals surface area contributed by atoms with Gasteiger partial charge >= 0.3 is 0 Å². The van der Waals surface area contributed by atoms with Gasteiger partial charge in [-0.05, 0) is 36.0 Å². The second-order valence-corrected chi connectivity index (χ2v) is 7.80. The summed E-state index contributed by atoms with van der Waals surface area (Å²) in [5, 5.41) is 8.55. The van der Waals surface area contributed by atoms with Crippen LogP contribution in [0.15, 0.2) is 32.7 Å². The third-order valence-corrected chi connectivity index (χ3v) is 6.49. The van der Waals surface area contributed by atoms with Crippen LogP contribution < -0.4 is 0 Å². The van der Waals surface area contributed by atoms with Crippen LogP contribution in [0.25, 0.3) is 14.6 Å². The molecule has 0 unspecified atom stereocenters. The molecule has 0 aliphatic heterocycles. The van der Waals surface area contributed by atoms with Crippen LogP contribution in [0.1, 0.15) is 0 Å². The molecule has 0 spiro atoms. The second kappa shape index (κ2) is 6.86. The molecule has 0 amide bonds. The molecular weight excluding hydrogens is 300 g/mol. The van der Waals surface area contributed by atoms with Crippen LogP contribution in [0, 0.1) is 17.9 Å². The Morgan fingerprint density at radius 2 is 1.72 bits per heavy atom. The third-order valence-electron chi connectivity index (χ3n) is 1.96. The van der Waals surface area contributed by atoms with Crippen molar-refractivity contribution in [3.05, 3.63) is 35.7 Å². The Labute approximate surface area is 122 Å². The summed E-state index contributed by atoms with van der Waals surface area (Å²) in [7, 11) is 0. The fourth-order valence-electron chi connectivity index (χ4n) is 1.26. The van der Waals surface area contributed by atoms with Gasteiger partial charge in [-0.1, -0.05) is 0 Å². The summed E-state index contributed by atoms with van der Waals surface area (Å²) in [6, 6.07) is 10.5. The maximum absolute atomic E-state index is 8.55. The van der Waals surface area contributed by atoms with Crippen molar-refractivity contribution in [2.75, 3.05) is 11.6 Å². The van der Waals surface area contributed by atoms with Crippen molar-refractivity contribution in [2.45, 2.75) is 8.42 Å². The Hall–Kier alpha value is -0.920. The molecule has 0 saturated carbocycles. The summed E-state index contributed by atoms with van der Waals surface area (Å²) in [6.07, 6.45) is 0. The summed E-state index contributed by atoms with van der Waals surface area (Å²) in [5.74, 6) is 0.976. The highest BCUT2D eigenvalue weighted by Gasteiger charge is 2.07. The van der Waals surface area contributed by atoms with Crippen LogP contribution in [0.2, 0.25) is 0 Å². The normalized spacial score (nSPS) is 9.89. The Balaban J connectivity index is 2.07. The third kappa shape index (κ3) is 3.54. The van der Waals surface area contributed by atoms with Gasteiger partial charge in [-0.3, -0.25) is 0 Å². The number of rotatable bonds is 5. The van der Waals surface area contributed by atoms with Crippen LogP contribution >= 0.6 is 46.2 Å². The molecule has 0 saturated heterocycles. The van der Waals surface area contributed by atoms with E-state index >= 15 is 0 Å². The highest BCUT2D eigenvalue weighted by Crippen LogP contribution is 2.39. The number of thioether (sulfide) groups is 2. The Bertz CT molecular complexity index is 546. The first-order chi connectivity index (χ1) is 8.83. The maximum atomic E-state index is 8.55. The van der Waals surface area contributed by atoms with Crippen LogP contribution in [-0.4, -0.2) is 11.6 Å². The maximum Gasteiger partial charge on any atom is 0.265 e. The molecule has 2 nitrogen and oxygen atoms in total. The van der Waals surface area contributed by atoms with Gasteiger partial charge in [0.15, 0.2) is 0 Å². The molecule has 90 valence electrons. The van der Waals surface area contributed by atoms with Crippen LogP contribution in [0.4, 0.5) is 0 Å². The van der Waals surface area contributed by atoms with Crippen LogP contribution in [-0.2, 0) is 0 Å². The van der Waals surface area contributed by atoms with Crippen LogP contribution in [0.3, 0.4) is 0 Å². The van der Waals surface area contributed by atoms with E-state index in [1.807, 2.05) is 0 Å². The average molecular weight is 308 g/mol. The van der Waals surface area contributed by atoms with E-state index in [1.165, 1.54) is 18.2 Å². The molecule has 18 heavy (non-hydrogen) atoms. The van der Waals surface area contributed by atoms with Crippen molar-refractivity contribution < 1.29 is 0 Å². The molecule has 2 heterocycles. The largest absolute Gasteiger partial charge is 0.305 e. The lowest BCUT2D eigenvalue weighted by Gasteiger charge is -1.90. The first kappa shape index (κ1) is 13.5. The van der Waals surface area contributed by atoms with E-state index in [4.69, 9.17) is 11.8 Å². The highest BCUT2D eigenvalue weighted by molar-refractivity contribution is 8.01. The second-order valence-electron chi connectivity index (χ2n) is 3.12. The lowest BCUT2D eigenvalue weighted by Crippen LogP contribution is -1.64. The minimum Gasteiger partial charge on any atom is -0.305 e. The smallest absolute Gasteiger partial charge is 0.265 e. The highest BCUT2D eigenvalue weighted by atomic mass is 32.2. The minimum absolute atomic E-state index is 0.480. The van der Waals surface area contributed by atoms with Gasteiger partial charge in [-0.15, -0.1) is 34.4 Å². The van der Waals surface area contributed by atoms with Crippen molar-refractivity contribution in [3.63, 3.8) is 0 Å². The molecule has 0 bridgehead atoms. The fraction of sp³-hybridized carbons (Fsp3) is 0.167. The monoisotopic (exact) mass is 308 g/mol. The minimum atomic E-state index is 0.480. The standard InChI is InChI=1S/C12H8N2S4/c1-14-8-16-12-5-3-10(18-12)9-2-4-11(17-9)15-7-6-13/h2-5H,7-8H2. The molecule has 0 aromatic carbocycles. The van der Waals surface area contributed by atoms with Gasteiger partial charge < -0.3 is 4.85 Å². The van der Waals surface area contributed by atoms with Gasteiger partial charge in [-0.25, -0.2) is 6.57 Å². The number of nitrogens with zero attached hydrogens (tertiary/aromatic N) is 2. The van der Waals surface area contributed by atoms with Crippen molar-refractivity contribution >= 4 is 46.2 Å². The molecule has 2 aromatic rings. The number of thiophene rings is 2.